The fraction of sp³-hybridized carbons (Fsp3) is 0.167. The summed E-state index contributed by atoms with van der Waals surface area (Å²) in [6, 6.07) is 15.8. The molecule has 178 valence electrons. The number of hydrogen-bond acceptors (Lipinski definition) is 4. The van der Waals surface area contributed by atoms with Crippen LogP contribution in [0.4, 0.5) is 20.2 Å². The topological polar surface area (TPSA) is 83.6 Å². The van der Waals surface area contributed by atoms with Crippen molar-refractivity contribution in [2.75, 3.05) is 22.4 Å². The third-order valence-electron chi connectivity index (χ3n) is 4.89. The first-order chi connectivity index (χ1) is 16.1. The molecular weight excluding hydrogens is 486 g/mol. The van der Waals surface area contributed by atoms with Crippen molar-refractivity contribution in [2.24, 2.45) is 0 Å². The van der Waals surface area contributed by atoms with Gasteiger partial charge in [-0.2, -0.15) is 0 Å². The maximum atomic E-state index is 13.6. The predicted octanol–water partition coefficient (Wildman–Crippen LogP) is 5.03. The number of amides is 1. The van der Waals surface area contributed by atoms with Crippen LogP contribution < -0.4 is 9.62 Å². The zero-order valence-corrected chi connectivity index (χ0v) is 19.7. The molecule has 3 rings (SSSR count). The van der Waals surface area contributed by atoms with E-state index in [1.165, 1.54) is 18.2 Å². The maximum Gasteiger partial charge on any atom is 0.232 e. The molecular formula is C24H21ClF2N2O4S. The van der Waals surface area contributed by atoms with Crippen LogP contribution >= 0.6 is 11.6 Å². The molecule has 10 heteroatoms. The van der Waals surface area contributed by atoms with Gasteiger partial charge in [-0.25, -0.2) is 17.2 Å². The Hall–Kier alpha value is -3.30. The Kier molecular flexibility index (Phi) is 8.01. The second-order valence-corrected chi connectivity index (χ2v) is 9.81. The highest BCUT2D eigenvalue weighted by molar-refractivity contribution is 7.92. The number of nitrogens with zero attached hydrogens (tertiary/aromatic N) is 1. The smallest absolute Gasteiger partial charge is 0.232 e. The number of benzene rings is 3. The largest absolute Gasteiger partial charge is 0.325 e. The van der Waals surface area contributed by atoms with E-state index in [9.17, 15) is 26.8 Å². The normalized spacial score (nSPS) is 11.2. The second kappa shape index (κ2) is 10.8. The predicted molar refractivity (Wildman–Crippen MR) is 128 cm³/mol. The van der Waals surface area contributed by atoms with Crippen LogP contribution in [0.1, 0.15) is 28.8 Å². The molecule has 0 heterocycles. The van der Waals surface area contributed by atoms with Crippen LogP contribution in [0.3, 0.4) is 0 Å². The van der Waals surface area contributed by atoms with Crippen LogP contribution in [0, 0.1) is 11.6 Å². The van der Waals surface area contributed by atoms with Gasteiger partial charge in [0.05, 0.1) is 17.6 Å². The Morgan fingerprint density at radius 3 is 2.32 bits per heavy atom. The van der Waals surface area contributed by atoms with Crippen LogP contribution in [0.2, 0.25) is 5.02 Å². The van der Waals surface area contributed by atoms with Crippen molar-refractivity contribution in [2.45, 2.75) is 12.8 Å². The quantitative estimate of drug-likeness (QED) is 0.412. The van der Waals surface area contributed by atoms with E-state index in [0.29, 0.717) is 10.6 Å². The number of carbonyl (C=O) groups excluding carboxylic acids is 2. The molecule has 0 aliphatic heterocycles. The third kappa shape index (κ3) is 6.39. The molecule has 0 aromatic heterocycles. The van der Waals surface area contributed by atoms with E-state index < -0.39 is 27.6 Å². The van der Waals surface area contributed by atoms with Crippen LogP contribution in [0.15, 0.2) is 66.7 Å². The van der Waals surface area contributed by atoms with E-state index >= 15 is 0 Å². The van der Waals surface area contributed by atoms with Gasteiger partial charge in [0.1, 0.15) is 0 Å². The highest BCUT2D eigenvalue weighted by Crippen LogP contribution is 2.25. The standard InChI is InChI=1S/C24H21ClF2N2O4S/c1-34(32,33)29(18-10-11-20(26)21(27)15-18)13-5-8-23(30)28-22-12-9-17(25)14-19(22)24(31)16-6-3-2-4-7-16/h2-4,6-7,9-12,14-15H,5,8,13H2,1H3,(H,28,30). The van der Waals surface area contributed by atoms with Crippen LogP contribution in [-0.2, 0) is 14.8 Å². The SMILES string of the molecule is CS(=O)(=O)N(CCCC(=O)Nc1ccc(Cl)cc1C(=O)c1ccccc1)c1ccc(F)c(F)c1. The molecule has 0 saturated heterocycles. The molecule has 0 atom stereocenters. The molecule has 0 bridgehead atoms. The number of nitrogens with one attached hydrogen (secondary N) is 1. The third-order valence-corrected chi connectivity index (χ3v) is 6.32. The van der Waals surface area contributed by atoms with E-state index in [1.54, 1.807) is 30.3 Å². The fourth-order valence-electron chi connectivity index (χ4n) is 3.28. The summed E-state index contributed by atoms with van der Waals surface area (Å²) in [6.45, 7) is -0.131. The van der Waals surface area contributed by atoms with Gasteiger partial charge in [-0.1, -0.05) is 41.9 Å². The number of ketones is 1. The summed E-state index contributed by atoms with van der Waals surface area (Å²) >= 11 is 6.05. The first-order valence-corrected chi connectivity index (χ1v) is 12.4. The molecule has 3 aromatic carbocycles. The fourth-order valence-corrected chi connectivity index (χ4v) is 4.41. The minimum Gasteiger partial charge on any atom is -0.325 e. The zero-order chi connectivity index (χ0) is 24.9. The number of sulfonamides is 1. The summed E-state index contributed by atoms with van der Waals surface area (Å²) in [5.41, 5.74) is 0.862. The van der Waals surface area contributed by atoms with Crippen molar-refractivity contribution in [1.82, 2.24) is 0 Å². The zero-order valence-electron chi connectivity index (χ0n) is 18.1. The van der Waals surface area contributed by atoms with Gasteiger partial charge in [0, 0.05) is 35.2 Å². The Labute approximate surface area is 201 Å². The molecule has 6 nitrogen and oxygen atoms in total. The van der Waals surface area contributed by atoms with Gasteiger partial charge in [-0.3, -0.25) is 13.9 Å². The Morgan fingerprint density at radius 2 is 1.68 bits per heavy atom. The first kappa shape index (κ1) is 25.3. The summed E-state index contributed by atoms with van der Waals surface area (Å²) in [5.74, 6) is -3.05. The summed E-state index contributed by atoms with van der Waals surface area (Å²) in [5, 5.41) is 2.99. The first-order valence-electron chi connectivity index (χ1n) is 10.2. The molecule has 0 aliphatic carbocycles. The Morgan fingerprint density at radius 1 is 0.971 bits per heavy atom. The van der Waals surface area contributed by atoms with Gasteiger partial charge in [0.15, 0.2) is 17.4 Å². The molecule has 3 aromatic rings. The molecule has 1 N–H and O–H groups in total. The summed E-state index contributed by atoms with van der Waals surface area (Å²) in [6.07, 6.45) is 0.939. The summed E-state index contributed by atoms with van der Waals surface area (Å²) < 4.78 is 52.0. The number of halogens is 3. The molecule has 1 amide bonds. The van der Waals surface area contributed by atoms with Gasteiger partial charge >= 0.3 is 0 Å². The highest BCUT2D eigenvalue weighted by atomic mass is 35.5. The van der Waals surface area contributed by atoms with Crippen molar-refractivity contribution in [1.29, 1.82) is 0 Å². The van der Waals surface area contributed by atoms with E-state index in [-0.39, 0.29) is 42.1 Å². The van der Waals surface area contributed by atoms with Crippen molar-refractivity contribution >= 4 is 44.7 Å². The lowest BCUT2D eigenvalue weighted by Gasteiger charge is -2.22. The number of carbonyl (C=O) groups is 2. The lowest BCUT2D eigenvalue weighted by Crippen LogP contribution is -2.31. The van der Waals surface area contributed by atoms with Crippen LogP contribution in [0.5, 0.6) is 0 Å². The minimum atomic E-state index is -3.80. The van der Waals surface area contributed by atoms with Gasteiger partial charge < -0.3 is 5.32 Å². The second-order valence-electron chi connectivity index (χ2n) is 7.47. The average molecular weight is 507 g/mol. The van der Waals surface area contributed by atoms with E-state index in [0.717, 1.165) is 28.8 Å². The highest BCUT2D eigenvalue weighted by Gasteiger charge is 2.20. The average Bonchev–Trinajstić information content (AvgIpc) is 2.79. The van der Waals surface area contributed by atoms with Crippen molar-refractivity contribution in [3.8, 4) is 0 Å². The van der Waals surface area contributed by atoms with Gasteiger partial charge in [0.2, 0.25) is 15.9 Å². The summed E-state index contributed by atoms with van der Waals surface area (Å²) in [7, 11) is -3.80. The van der Waals surface area contributed by atoms with Crippen LogP contribution in [-0.4, -0.2) is 32.9 Å². The lowest BCUT2D eigenvalue weighted by atomic mass is 10.0. The summed E-state index contributed by atoms with van der Waals surface area (Å²) in [4.78, 5) is 25.4. The van der Waals surface area contributed by atoms with Gasteiger partial charge in [-0.15, -0.1) is 0 Å². The molecule has 0 saturated carbocycles. The van der Waals surface area contributed by atoms with Gasteiger partial charge in [-0.05, 0) is 36.8 Å². The number of anilines is 2. The molecule has 0 fully saturated rings. The van der Waals surface area contributed by atoms with Crippen molar-refractivity contribution < 1.29 is 26.8 Å². The number of hydrogen-bond donors (Lipinski definition) is 1. The maximum absolute atomic E-state index is 13.6. The van der Waals surface area contributed by atoms with E-state index in [1.807, 2.05) is 0 Å². The minimum absolute atomic E-state index is 0.0461. The van der Waals surface area contributed by atoms with Gasteiger partial charge in [0.25, 0.3) is 0 Å². The lowest BCUT2D eigenvalue weighted by molar-refractivity contribution is -0.116. The molecule has 0 aliphatic rings. The molecule has 0 radical (unpaired) electrons. The van der Waals surface area contributed by atoms with Crippen molar-refractivity contribution in [3.63, 3.8) is 0 Å². The molecule has 34 heavy (non-hydrogen) atoms. The van der Waals surface area contributed by atoms with E-state index in [2.05, 4.69) is 5.32 Å². The molecule has 0 unspecified atom stereocenters. The van der Waals surface area contributed by atoms with Crippen molar-refractivity contribution in [3.05, 3.63) is 94.5 Å². The number of rotatable bonds is 9. The van der Waals surface area contributed by atoms with E-state index in [4.69, 9.17) is 11.6 Å². The molecule has 0 spiro atoms. The van der Waals surface area contributed by atoms with Crippen LogP contribution in [0.25, 0.3) is 0 Å². The Bertz CT molecular complexity index is 1320. The monoisotopic (exact) mass is 506 g/mol. The Balaban J connectivity index is 1.70.